The fraction of sp³-hybridized carbons (Fsp3) is 0.250. The maximum atomic E-state index is 12.1. The van der Waals surface area contributed by atoms with Gasteiger partial charge in [-0.25, -0.2) is 0 Å². The average molecular weight is 437 g/mol. The van der Waals surface area contributed by atoms with Crippen LogP contribution in [0.5, 0.6) is 17.2 Å². The van der Waals surface area contributed by atoms with Gasteiger partial charge >= 0.3 is 6.36 Å². The molecule has 0 N–H and O–H groups in total. The van der Waals surface area contributed by atoms with E-state index in [2.05, 4.69) is 27.3 Å². The van der Waals surface area contributed by atoms with Crippen molar-refractivity contribution in [3.8, 4) is 17.2 Å². The lowest BCUT2D eigenvalue weighted by Crippen LogP contribution is -2.16. The summed E-state index contributed by atoms with van der Waals surface area (Å²) in [6.45, 7) is 0.696. The van der Waals surface area contributed by atoms with Crippen LogP contribution in [0, 0.1) is 3.57 Å². The molecule has 7 heteroatoms. The van der Waals surface area contributed by atoms with Crippen LogP contribution in [0.2, 0.25) is 0 Å². The van der Waals surface area contributed by atoms with Gasteiger partial charge in [0, 0.05) is 15.7 Å². The maximum absolute atomic E-state index is 12.1. The first-order valence-corrected chi connectivity index (χ1v) is 7.77. The smallest absolute Gasteiger partial charge is 0.457 e. The summed E-state index contributed by atoms with van der Waals surface area (Å²) in [5.74, 6) is 0.838. The van der Waals surface area contributed by atoms with E-state index in [1.54, 1.807) is 0 Å². The number of rotatable bonds is 5. The lowest BCUT2D eigenvalue weighted by molar-refractivity contribution is -0.274. The van der Waals surface area contributed by atoms with Crippen molar-refractivity contribution in [1.82, 2.24) is 4.90 Å². The van der Waals surface area contributed by atoms with Crippen molar-refractivity contribution >= 4 is 22.6 Å². The molecule has 0 spiro atoms. The van der Waals surface area contributed by atoms with Crippen molar-refractivity contribution in [3.05, 3.63) is 51.6 Å². The Bertz CT molecular complexity index is 657. The Labute approximate surface area is 146 Å². The molecule has 0 saturated carbocycles. The van der Waals surface area contributed by atoms with Crippen LogP contribution in [-0.2, 0) is 6.54 Å². The first-order chi connectivity index (χ1) is 10.7. The van der Waals surface area contributed by atoms with Crippen molar-refractivity contribution in [3.63, 3.8) is 0 Å². The number of alkyl halides is 3. The Kier molecular flexibility index (Phi) is 5.74. The van der Waals surface area contributed by atoms with Gasteiger partial charge in [-0.1, -0.05) is 0 Å². The van der Waals surface area contributed by atoms with E-state index >= 15 is 0 Å². The number of ether oxygens (including phenoxy) is 2. The van der Waals surface area contributed by atoms with E-state index in [4.69, 9.17) is 4.74 Å². The van der Waals surface area contributed by atoms with Gasteiger partial charge in [-0.05, 0) is 79.2 Å². The predicted octanol–water partition coefficient (Wildman–Crippen LogP) is 5.04. The third-order valence-corrected chi connectivity index (χ3v) is 3.47. The first-order valence-electron chi connectivity index (χ1n) is 6.70. The minimum Gasteiger partial charge on any atom is -0.457 e. The zero-order valence-electron chi connectivity index (χ0n) is 12.5. The van der Waals surface area contributed by atoms with Gasteiger partial charge in [-0.2, -0.15) is 0 Å². The van der Waals surface area contributed by atoms with E-state index < -0.39 is 6.36 Å². The van der Waals surface area contributed by atoms with E-state index in [0.717, 1.165) is 9.13 Å². The molecule has 0 saturated heterocycles. The van der Waals surface area contributed by atoms with Crippen molar-refractivity contribution in [2.75, 3.05) is 14.1 Å². The van der Waals surface area contributed by atoms with Crippen LogP contribution in [0.3, 0.4) is 0 Å². The molecule has 0 aliphatic rings. The molecule has 2 aromatic carbocycles. The number of benzene rings is 2. The molecule has 2 aromatic rings. The lowest BCUT2D eigenvalue weighted by Gasteiger charge is -2.15. The molecule has 0 aliphatic carbocycles. The predicted molar refractivity (Wildman–Crippen MR) is 89.7 cm³/mol. The van der Waals surface area contributed by atoms with Crippen molar-refractivity contribution in [2.24, 2.45) is 0 Å². The SMILES string of the molecule is CN(C)Cc1cc(I)ccc1Oc1ccc(OC(F)(F)F)cc1. The summed E-state index contributed by atoms with van der Waals surface area (Å²) in [5.41, 5.74) is 0.998. The molecular formula is C16H15F3INO2. The normalized spacial score (nSPS) is 11.6. The molecule has 0 unspecified atom stereocenters. The molecule has 0 aliphatic heterocycles. The summed E-state index contributed by atoms with van der Waals surface area (Å²) >= 11 is 2.22. The second-order valence-electron chi connectivity index (χ2n) is 5.11. The standard InChI is InChI=1S/C16H15F3INO2/c1-21(2)10-11-9-12(20)3-8-15(11)22-13-4-6-14(7-5-13)23-16(17,18)19/h3-9H,10H2,1-2H3. The Morgan fingerprint density at radius 2 is 1.61 bits per heavy atom. The molecule has 0 aromatic heterocycles. The minimum atomic E-state index is -4.70. The van der Waals surface area contributed by atoms with Crippen molar-refractivity contribution in [2.45, 2.75) is 12.9 Å². The molecule has 23 heavy (non-hydrogen) atoms. The molecule has 0 radical (unpaired) electrons. The zero-order chi connectivity index (χ0) is 17.0. The summed E-state index contributed by atoms with van der Waals surface area (Å²) in [6.07, 6.45) is -4.70. The molecule has 124 valence electrons. The van der Waals surface area contributed by atoms with Crippen LogP contribution < -0.4 is 9.47 Å². The van der Waals surface area contributed by atoms with Gasteiger partial charge < -0.3 is 14.4 Å². The minimum absolute atomic E-state index is 0.277. The van der Waals surface area contributed by atoms with Crippen molar-refractivity contribution < 1.29 is 22.6 Å². The van der Waals surface area contributed by atoms with Crippen LogP contribution in [0.25, 0.3) is 0 Å². The highest BCUT2D eigenvalue weighted by molar-refractivity contribution is 14.1. The quantitative estimate of drug-likeness (QED) is 0.612. The van der Waals surface area contributed by atoms with Crippen molar-refractivity contribution in [1.29, 1.82) is 0 Å². The Hall–Kier alpha value is -1.48. The molecule has 0 heterocycles. The van der Waals surface area contributed by atoms with E-state index in [-0.39, 0.29) is 5.75 Å². The number of hydrogen-bond acceptors (Lipinski definition) is 3. The molecule has 2 rings (SSSR count). The average Bonchev–Trinajstić information content (AvgIpc) is 2.41. The monoisotopic (exact) mass is 437 g/mol. The topological polar surface area (TPSA) is 21.7 Å². The van der Waals surface area contributed by atoms with Crippen LogP contribution in [0.4, 0.5) is 13.2 Å². The third kappa shape index (κ3) is 5.91. The molecule has 3 nitrogen and oxygen atoms in total. The summed E-state index contributed by atoms with van der Waals surface area (Å²) in [5, 5.41) is 0. The van der Waals surface area contributed by atoms with Gasteiger partial charge in [0.15, 0.2) is 0 Å². The van der Waals surface area contributed by atoms with Gasteiger partial charge in [0.2, 0.25) is 0 Å². The van der Waals surface area contributed by atoms with Crippen LogP contribution in [0.1, 0.15) is 5.56 Å². The Morgan fingerprint density at radius 1 is 1.00 bits per heavy atom. The van der Waals surface area contributed by atoms with E-state index in [0.29, 0.717) is 18.0 Å². The Morgan fingerprint density at radius 3 is 2.17 bits per heavy atom. The van der Waals surface area contributed by atoms with Crippen LogP contribution >= 0.6 is 22.6 Å². The van der Waals surface area contributed by atoms with E-state index in [1.165, 1.54) is 24.3 Å². The van der Waals surface area contributed by atoms with Gasteiger partial charge in [-0.15, -0.1) is 13.2 Å². The van der Waals surface area contributed by atoms with Gasteiger partial charge in [0.25, 0.3) is 0 Å². The van der Waals surface area contributed by atoms with E-state index in [9.17, 15) is 13.2 Å². The summed E-state index contributed by atoms with van der Waals surface area (Å²) in [6, 6.07) is 11.1. The van der Waals surface area contributed by atoms with E-state index in [1.807, 2.05) is 37.2 Å². The second kappa shape index (κ2) is 7.39. The fourth-order valence-electron chi connectivity index (χ4n) is 1.95. The van der Waals surface area contributed by atoms with Gasteiger partial charge in [-0.3, -0.25) is 0 Å². The first kappa shape index (κ1) is 17.9. The second-order valence-corrected chi connectivity index (χ2v) is 6.36. The summed E-state index contributed by atoms with van der Waals surface area (Å²) < 4.78 is 47.1. The molecule has 0 fully saturated rings. The highest BCUT2D eigenvalue weighted by Crippen LogP contribution is 2.30. The number of hydrogen-bond donors (Lipinski definition) is 0. The third-order valence-electron chi connectivity index (χ3n) is 2.79. The zero-order valence-corrected chi connectivity index (χ0v) is 14.7. The number of halogens is 4. The summed E-state index contributed by atoms with van der Waals surface area (Å²) in [7, 11) is 3.90. The molecular weight excluding hydrogens is 422 g/mol. The van der Waals surface area contributed by atoms with Crippen LogP contribution in [-0.4, -0.2) is 25.4 Å². The molecule has 0 amide bonds. The highest BCUT2D eigenvalue weighted by Gasteiger charge is 2.30. The summed E-state index contributed by atoms with van der Waals surface area (Å²) in [4.78, 5) is 2.01. The van der Waals surface area contributed by atoms with Gasteiger partial charge in [0.05, 0.1) is 0 Å². The molecule has 0 bridgehead atoms. The fourth-order valence-corrected chi connectivity index (χ4v) is 2.50. The number of nitrogens with zero attached hydrogens (tertiary/aromatic N) is 1. The largest absolute Gasteiger partial charge is 0.573 e. The molecule has 0 atom stereocenters. The maximum Gasteiger partial charge on any atom is 0.573 e. The van der Waals surface area contributed by atoms with Gasteiger partial charge in [0.1, 0.15) is 17.2 Å². The lowest BCUT2D eigenvalue weighted by atomic mass is 10.2. The highest BCUT2D eigenvalue weighted by atomic mass is 127. The van der Waals surface area contributed by atoms with Crippen LogP contribution in [0.15, 0.2) is 42.5 Å². The Balaban J connectivity index is 2.16.